The van der Waals surface area contributed by atoms with Gasteiger partial charge in [0.25, 0.3) is 0 Å². The highest BCUT2D eigenvalue weighted by atomic mass is 16.5. The molecule has 4 amide bonds. The van der Waals surface area contributed by atoms with E-state index in [-0.39, 0.29) is 11.8 Å². The first kappa shape index (κ1) is 29.2. The monoisotopic (exact) mass is 522 g/mol. The van der Waals surface area contributed by atoms with Crippen LogP contribution in [0.3, 0.4) is 0 Å². The van der Waals surface area contributed by atoms with Crippen molar-refractivity contribution in [1.29, 1.82) is 0 Å². The normalized spacial score (nSPS) is 20.1. The van der Waals surface area contributed by atoms with Crippen molar-refractivity contribution in [3.8, 4) is 5.75 Å². The molecule has 206 valence electrons. The number of nitrogens with one attached hydrogen (secondary N) is 3. The first-order valence-electron chi connectivity index (χ1n) is 13.9. The number of ether oxygens (including phenoxy) is 1. The molecule has 3 rings (SSSR count). The third-order valence-corrected chi connectivity index (χ3v) is 6.66. The van der Waals surface area contributed by atoms with Gasteiger partial charge in [-0.25, -0.2) is 4.79 Å². The van der Waals surface area contributed by atoms with E-state index < -0.39 is 18.1 Å². The number of rotatable bonds is 7. The molecular formula is C30H42N4O4. The number of fused-ring (bicyclic) bond motifs is 1. The highest BCUT2D eigenvalue weighted by Crippen LogP contribution is 2.19. The highest BCUT2D eigenvalue weighted by molar-refractivity contribution is 5.98. The molecule has 0 saturated carbocycles. The highest BCUT2D eigenvalue weighted by Gasteiger charge is 2.31. The van der Waals surface area contributed by atoms with Gasteiger partial charge in [-0.05, 0) is 42.9 Å². The van der Waals surface area contributed by atoms with Gasteiger partial charge in [0.15, 0.2) is 0 Å². The number of carbonyl (C=O) groups excluding carboxylic acids is 3. The zero-order valence-corrected chi connectivity index (χ0v) is 22.7. The third-order valence-electron chi connectivity index (χ3n) is 6.66. The molecule has 0 fully saturated rings. The first-order valence-corrected chi connectivity index (χ1v) is 13.9. The van der Waals surface area contributed by atoms with Crippen molar-refractivity contribution >= 4 is 17.8 Å². The number of urea groups is 1. The summed E-state index contributed by atoms with van der Waals surface area (Å²) in [5.41, 5.74) is 2.01. The number of benzene rings is 2. The van der Waals surface area contributed by atoms with E-state index in [9.17, 15) is 14.4 Å². The minimum atomic E-state index is -0.800. The van der Waals surface area contributed by atoms with Crippen LogP contribution in [0.15, 0.2) is 54.6 Å². The lowest BCUT2D eigenvalue weighted by Gasteiger charge is -2.28. The van der Waals surface area contributed by atoms with Crippen molar-refractivity contribution in [1.82, 2.24) is 20.9 Å². The number of amides is 4. The zero-order valence-electron chi connectivity index (χ0n) is 22.7. The molecule has 1 aliphatic rings. The number of imide groups is 1. The molecule has 2 atom stereocenters. The van der Waals surface area contributed by atoms with Crippen molar-refractivity contribution < 1.29 is 19.1 Å². The van der Waals surface area contributed by atoms with E-state index in [1.54, 1.807) is 0 Å². The SMILES string of the molecule is CCCCN1C(=O)N[C@H](Cc2ccccc2)C(=O)NCCCc2ccccc2OCCN[C@@H](CCC)C1=O. The van der Waals surface area contributed by atoms with E-state index in [1.807, 2.05) is 68.4 Å². The van der Waals surface area contributed by atoms with E-state index in [2.05, 4.69) is 16.0 Å². The summed E-state index contributed by atoms with van der Waals surface area (Å²) in [6.45, 7) is 5.68. The maximum absolute atomic E-state index is 13.6. The largest absolute Gasteiger partial charge is 0.492 e. The van der Waals surface area contributed by atoms with E-state index in [4.69, 9.17) is 4.74 Å². The van der Waals surface area contributed by atoms with E-state index in [0.29, 0.717) is 45.5 Å². The summed E-state index contributed by atoms with van der Waals surface area (Å²) in [6, 6.07) is 15.6. The number of unbranched alkanes of at least 4 members (excludes halogenated alkanes) is 1. The third kappa shape index (κ3) is 8.87. The second-order valence-electron chi connectivity index (χ2n) is 9.68. The number of hydrogen-bond acceptors (Lipinski definition) is 5. The lowest BCUT2D eigenvalue weighted by molar-refractivity contribution is -0.131. The second-order valence-corrected chi connectivity index (χ2v) is 9.68. The van der Waals surface area contributed by atoms with Crippen LogP contribution in [0.4, 0.5) is 4.79 Å². The molecule has 0 bridgehead atoms. The summed E-state index contributed by atoms with van der Waals surface area (Å²) in [6.07, 6.45) is 4.73. The number of nitrogens with zero attached hydrogens (tertiary/aromatic N) is 1. The Morgan fingerprint density at radius 3 is 2.45 bits per heavy atom. The van der Waals surface area contributed by atoms with E-state index >= 15 is 0 Å². The Morgan fingerprint density at radius 2 is 1.68 bits per heavy atom. The summed E-state index contributed by atoms with van der Waals surface area (Å²) < 4.78 is 6.04. The molecule has 2 aromatic carbocycles. The van der Waals surface area contributed by atoms with Gasteiger partial charge in [0.05, 0.1) is 6.04 Å². The van der Waals surface area contributed by atoms with Gasteiger partial charge in [-0.1, -0.05) is 75.2 Å². The maximum atomic E-state index is 13.6. The summed E-state index contributed by atoms with van der Waals surface area (Å²) in [7, 11) is 0. The Labute approximate surface area is 226 Å². The quantitative estimate of drug-likeness (QED) is 0.513. The van der Waals surface area contributed by atoms with E-state index in [1.165, 1.54) is 4.90 Å². The van der Waals surface area contributed by atoms with Gasteiger partial charge in [-0.3, -0.25) is 14.5 Å². The summed E-state index contributed by atoms with van der Waals surface area (Å²) in [5, 5.41) is 9.17. The fourth-order valence-corrected chi connectivity index (χ4v) is 4.56. The molecule has 8 nitrogen and oxygen atoms in total. The Hall–Kier alpha value is -3.39. The van der Waals surface area contributed by atoms with Crippen LogP contribution in [0.25, 0.3) is 0 Å². The van der Waals surface area contributed by atoms with Crippen LogP contribution < -0.4 is 20.7 Å². The standard InChI is InChI=1S/C30H42N4O4/c1-3-5-20-34-29(36)25(12-4-2)31-19-21-38-27-17-10-9-15-24(27)16-11-18-32-28(35)26(33-30(34)37)22-23-13-7-6-8-14-23/h6-10,13-15,17,25-26,31H,3-5,11-12,16,18-22H2,1-2H3,(H,32,35)(H,33,37)/t25-,26+/m0/s1. The molecule has 38 heavy (non-hydrogen) atoms. The fraction of sp³-hybridized carbons (Fsp3) is 0.500. The fourth-order valence-electron chi connectivity index (χ4n) is 4.56. The van der Waals surface area contributed by atoms with Crippen LogP contribution in [0.2, 0.25) is 0 Å². The van der Waals surface area contributed by atoms with Crippen molar-refractivity contribution in [3.63, 3.8) is 0 Å². The van der Waals surface area contributed by atoms with Gasteiger partial charge < -0.3 is 20.7 Å². The minimum absolute atomic E-state index is 0.262. The minimum Gasteiger partial charge on any atom is -0.492 e. The predicted octanol–water partition coefficient (Wildman–Crippen LogP) is 3.84. The number of hydrogen-bond donors (Lipinski definition) is 3. The molecule has 3 N–H and O–H groups in total. The molecule has 1 heterocycles. The van der Waals surface area contributed by atoms with Gasteiger partial charge in [0, 0.05) is 26.1 Å². The van der Waals surface area contributed by atoms with Crippen molar-refractivity contribution in [2.45, 2.75) is 70.9 Å². The molecule has 0 unspecified atom stereocenters. The Morgan fingerprint density at radius 1 is 0.921 bits per heavy atom. The zero-order chi connectivity index (χ0) is 27.2. The van der Waals surface area contributed by atoms with Crippen LogP contribution in [0.1, 0.15) is 57.1 Å². The van der Waals surface area contributed by atoms with Crippen LogP contribution in [-0.4, -0.2) is 61.1 Å². The van der Waals surface area contributed by atoms with Crippen LogP contribution >= 0.6 is 0 Å². The maximum Gasteiger partial charge on any atom is 0.324 e. The summed E-state index contributed by atoms with van der Waals surface area (Å²) in [5.74, 6) is 0.273. The number of carbonyl (C=O) groups is 3. The van der Waals surface area contributed by atoms with Crippen molar-refractivity contribution in [2.24, 2.45) is 0 Å². The van der Waals surface area contributed by atoms with Gasteiger partial charge in [0.2, 0.25) is 11.8 Å². The smallest absolute Gasteiger partial charge is 0.324 e. The van der Waals surface area contributed by atoms with E-state index in [0.717, 1.165) is 42.6 Å². The first-order chi connectivity index (χ1) is 18.5. The number of aryl methyl sites for hydroxylation is 1. The Kier molecular flexibility index (Phi) is 12.1. The van der Waals surface area contributed by atoms with Gasteiger partial charge in [-0.15, -0.1) is 0 Å². The lowest BCUT2D eigenvalue weighted by Crippen LogP contribution is -2.57. The lowest BCUT2D eigenvalue weighted by atomic mass is 10.0. The topological polar surface area (TPSA) is 99.8 Å². The Balaban J connectivity index is 1.87. The van der Waals surface area contributed by atoms with Crippen molar-refractivity contribution in [2.75, 3.05) is 26.2 Å². The average Bonchev–Trinajstić information content (AvgIpc) is 2.93. The average molecular weight is 523 g/mol. The van der Waals surface area contributed by atoms with Gasteiger partial charge in [-0.2, -0.15) is 0 Å². The molecule has 2 aromatic rings. The molecular weight excluding hydrogens is 480 g/mol. The molecule has 8 heteroatoms. The van der Waals surface area contributed by atoms with Crippen LogP contribution in [0, 0.1) is 0 Å². The summed E-state index contributed by atoms with van der Waals surface area (Å²) in [4.78, 5) is 41.6. The molecule has 0 radical (unpaired) electrons. The van der Waals surface area contributed by atoms with Crippen molar-refractivity contribution in [3.05, 3.63) is 65.7 Å². The Bertz CT molecular complexity index is 1030. The van der Waals surface area contributed by atoms with Gasteiger partial charge >= 0.3 is 6.03 Å². The second kappa shape index (κ2) is 15.8. The van der Waals surface area contributed by atoms with Gasteiger partial charge in [0.1, 0.15) is 18.4 Å². The predicted molar refractivity (Wildman–Crippen MR) is 149 cm³/mol. The molecule has 0 spiro atoms. The molecule has 0 aromatic heterocycles. The molecule has 1 aliphatic heterocycles. The van der Waals surface area contributed by atoms with Crippen LogP contribution in [0.5, 0.6) is 5.75 Å². The summed E-state index contributed by atoms with van der Waals surface area (Å²) >= 11 is 0. The molecule has 0 aliphatic carbocycles. The number of para-hydroxylation sites is 1. The molecule has 0 saturated heterocycles. The van der Waals surface area contributed by atoms with Crippen LogP contribution in [-0.2, 0) is 22.4 Å².